The molecule has 25 heavy (non-hydrogen) atoms. The van der Waals surface area contributed by atoms with Crippen LogP contribution in [0, 0.1) is 5.92 Å². The number of nitrogens with two attached hydrogens (primary N) is 1. The molecule has 0 radical (unpaired) electrons. The predicted molar refractivity (Wildman–Crippen MR) is 93.9 cm³/mol. The van der Waals surface area contributed by atoms with Crippen molar-refractivity contribution in [3.05, 3.63) is 35.4 Å². The Labute approximate surface area is 148 Å². The number of carbonyl (C=O) groups excluding carboxylic acids is 1. The summed E-state index contributed by atoms with van der Waals surface area (Å²) in [5.74, 6) is -0.0582. The molecule has 1 aromatic rings. The molecule has 0 bridgehead atoms. The first-order valence-electron chi connectivity index (χ1n) is 9.11. The number of rotatable bonds is 6. The zero-order valence-electron chi connectivity index (χ0n) is 14.4. The number of nitrogens with one attached hydrogen (secondary N) is 1. The van der Waals surface area contributed by atoms with Crippen molar-refractivity contribution >= 4 is 5.91 Å². The van der Waals surface area contributed by atoms with Crippen molar-refractivity contribution in [3.8, 4) is 0 Å². The summed E-state index contributed by atoms with van der Waals surface area (Å²) in [6.07, 6.45) is 2.85. The molecule has 0 aliphatic heterocycles. The van der Waals surface area contributed by atoms with Gasteiger partial charge in [0.15, 0.2) is 0 Å². The Hall–Kier alpha value is -1.47. The van der Waals surface area contributed by atoms with Gasteiger partial charge in [0.2, 0.25) is 0 Å². The minimum Gasteiger partial charge on any atom is -0.393 e. The van der Waals surface area contributed by atoms with Crippen molar-refractivity contribution in [2.75, 3.05) is 6.61 Å². The Morgan fingerprint density at radius 1 is 1.20 bits per heavy atom. The molecule has 0 saturated heterocycles. The second-order valence-corrected chi connectivity index (χ2v) is 7.37. The molecule has 6 nitrogen and oxygen atoms in total. The fraction of sp³-hybridized carbons (Fsp3) is 0.632. The third kappa shape index (κ3) is 4.79. The fourth-order valence-electron chi connectivity index (χ4n) is 3.86. The molecule has 1 aromatic carbocycles. The SMILES string of the molecule is NC1CC(O)C(COCc2ccccc2C(=O)NC2CCC(O)C2)C1. The smallest absolute Gasteiger partial charge is 0.251 e. The van der Waals surface area contributed by atoms with Crippen molar-refractivity contribution in [2.24, 2.45) is 11.7 Å². The second kappa shape index (κ2) is 8.27. The van der Waals surface area contributed by atoms with Crippen molar-refractivity contribution in [1.82, 2.24) is 5.32 Å². The van der Waals surface area contributed by atoms with E-state index in [1.165, 1.54) is 0 Å². The van der Waals surface area contributed by atoms with E-state index in [4.69, 9.17) is 10.5 Å². The van der Waals surface area contributed by atoms with Crippen LogP contribution in [0.4, 0.5) is 0 Å². The van der Waals surface area contributed by atoms with Crippen LogP contribution in [0.25, 0.3) is 0 Å². The number of ether oxygens (including phenoxy) is 1. The van der Waals surface area contributed by atoms with E-state index in [9.17, 15) is 15.0 Å². The molecule has 3 rings (SSSR count). The monoisotopic (exact) mass is 348 g/mol. The van der Waals surface area contributed by atoms with E-state index in [1.807, 2.05) is 18.2 Å². The number of hydrogen-bond acceptors (Lipinski definition) is 5. The summed E-state index contributed by atoms with van der Waals surface area (Å²) in [5.41, 5.74) is 7.30. The van der Waals surface area contributed by atoms with Crippen LogP contribution in [0.1, 0.15) is 48.0 Å². The number of carbonyl (C=O) groups is 1. The number of benzene rings is 1. The summed E-state index contributed by atoms with van der Waals surface area (Å²) in [7, 11) is 0. The van der Waals surface area contributed by atoms with E-state index in [-0.39, 0.29) is 30.0 Å². The maximum absolute atomic E-state index is 12.5. The molecule has 5 atom stereocenters. The van der Waals surface area contributed by atoms with Crippen LogP contribution in [0.3, 0.4) is 0 Å². The molecule has 6 heteroatoms. The molecule has 0 spiro atoms. The third-order valence-electron chi connectivity index (χ3n) is 5.29. The van der Waals surface area contributed by atoms with Gasteiger partial charge in [-0.2, -0.15) is 0 Å². The van der Waals surface area contributed by atoms with Crippen molar-refractivity contribution in [3.63, 3.8) is 0 Å². The minimum atomic E-state index is -0.401. The Morgan fingerprint density at radius 2 is 2.00 bits per heavy atom. The van der Waals surface area contributed by atoms with Gasteiger partial charge in [-0.3, -0.25) is 4.79 Å². The summed E-state index contributed by atoms with van der Waals surface area (Å²) in [6, 6.07) is 7.47. The second-order valence-electron chi connectivity index (χ2n) is 7.37. The molecular weight excluding hydrogens is 320 g/mol. The summed E-state index contributed by atoms with van der Waals surface area (Å²) >= 11 is 0. The largest absolute Gasteiger partial charge is 0.393 e. The molecule has 2 aliphatic carbocycles. The average molecular weight is 348 g/mol. The van der Waals surface area contributed by atoms with Crippen molar-refractivity contribution in [1.29, 1.82) is 0 Å². The van der Waals surface area contributed by atoms with E-state index in [2.05, 4.69) is 5.32 Å². The molecule has 2 fully saturated rings. The lowest BCUT2D eigenvalue weighted by Gasteiger charge is -2.17. The lowest BCUT2D eigenvalue weighted by Crippen LogP contribution is -2.34. The summed E-state index contributed by atoms with van der Waals surface area (Å²) in [6.45, 7) is 0.773. The van der Waals surface area contributed by atoms with Gasteiger partial charge in [0.1, 0.15) is 0 Å². The Kier molecular flexibility index (Phi) is 6.06. The lowest BCUT2D eigenvalue weighted by molar-refractivity contribution is 0.0363. The number of amides is 1. The van der Waals surface area contributed by atoms with E-state index in [0.717, 1.165) is 24.8 Å². The van der Waals surface area contributed by atoms with Gasteiger partial charge in [0.05, 0.1) is 25.4 Å². The highest BCUT2D eigenvalue weighted by molar-refractivity contribution is 5.95. The van der Waals surface area contributed by atoms with Gasteiger partial charge in [-0.25, -0.2) is 0 Å². The third-order valence-corrected chi connectivity index (χ3v) is 5.29. The highest BCUT2D eigenvalue weighted by Gasteiger charge is 2.31. The first kappa shape index (κ1) is 18.3. The lowest BCUT2D eigenvalue weighted by atomic mass is 10.1. The molecule has 1 amide bonds. The molecule has 0 aromatic heterocycles. The normalized spacial score (nSPS) is 32.0. The van der Waals surface area contributed by atoms with Crippen LogP contribution in [0.5, 0.6) is 0 Å². The summed E-state index contributed by atoms with van der Waals surface area (Å²) < 4.78 is 5.76. The van der Waals surface area contributed by atoms with Gasteiger partial charge in [-0.05, 0) is 43.7 Å². The zero-order valence-corrected chi connectivity index (χ0v) is 14.4. The van der Waals surface area contributed by atoms with E-state index >= 15 is 0 Å². The first-order valence-corrected chi connectivity index (χ1v) is 9.11. The highest BCUT2D eigenvalue weighted by atomic mass is 16.5. The van der Waals surface area contributed by atoms with Crippen molar-refractivity contribution < 1.29 is 19.7 Å². The summed E-state index contributed by atoms with van der Waals surface area (Å²) in [4.78, 5) is 12.5. The van der Waals surface area contributed by atoms with Gasteiger partial charge in [0, 0.05) is 23.6 Å². The van der Waals surface area contributed by atoms with Crippen LogP contribution >= 0.6 is 0 Å². The van der Waals surface area contributed by atoms with E-state index in [1.54, 1.807) is 6.07 Å². The molecule has 5 N–H and O–H groups in total. The Morgan fingerprint density at radius 3 is 2.68 bits per heavy atom. The first-order chi connectivity index (χ1) is 12.0. The zero-order chi connectivity index (χ0) is 17.8. The van der Waals surface area contributed by atoms with E-state index in [0.29, 0.717) is 31.6 Å². The van der Waals surface area contributed by atoms with Gasteiger partial charge in [0.25, 0.3) is 5.91 Å². The molecule has 5 unspecified atom stereocenters. The number of aliphatic hydroxyl groups excluding tert-OH is 2. The van der Waals surface area contributed by atoms with Gasteiger partial charge >= 0.3 is 0 Å². The van der Waals surface area contributed by atoms with Crippen LogP contribution in [-0.2, 0) is 11.3 Å². The topological polar surface area (TPSA) is 105 Å². The Balaban J connectivity index is 1.54. The summed E-state index contributed by atoms with van der Waals surface area (Å²) in [5, 5.41) is 22.5. The van der Waals surface area contributed by atoms with Crippen LogP contribution in [0.2, 0.25) is 0 Å². The van der Waals surface area contributed by atoms with Crippen LogP contribution in [-0.4, -0.2) is 47.0 Å². The fourth-order valence-corrected chi connectivity index (χ4v) is 3.86. The molecule has 2 aliphatic rings. The highest BCUT2D eigenvalue weighted by Crippen LogP contribution is 2.25. The van der Waals surface area contributed by atoms with E-state index < -0.39 is 6.10 Å². The van der Waals surface area contributed by atoms with Crippen LogP contribution < -0.4 is 11.1 Å². The maximum atomic E-state index is 12.5. The number of hydrogen-bond donors (Lipinski definition) is 4. The molecule has 0 heterocycles. The molecule has 2 saturated carbocycles. The van der Waals surface area contributed by atoms with Crippen LogP contribution in [0.15, 0.2) is 24.3 Å². The van der Waals surface area contributed by atoms with Gasteiger partial charge < -0.3 is 26.0 Å². The number of aliphatic hydroxyl groups is 2. The maximum Gasteiger partial charge on any atom is 0.251 e. The van der Waals surface area contributed by atoms with Crippen molar-refractivity contribution in [2.45, 2.75) is 63.0 Å². The average Bonchev–Trinajstić information content (AvgIpc) is 3.12. The standard InChI is InChI=1S/C19H28N2O4/c20-14-7-13(18(23)8-14)11-25-10-12-3-1-2-4-17(12)19(24)21-15-5-6-16(22)9-15/h1-4,13-16,18,22-23H,5-11,20H2,(H,21,24). The Bertz CT molecular complexity index is 595. The molecule has 138 valence electrons. The molecular formula is C19H28N2O4. The minimum absolute atomic E-state index is 0.0339. The predicted octanol–water partition coefficient (Wildman–Crippen LogP) is 0.945. The van der Waals surface area contributed by atoms with Gasteiger partial charge in [-0.1, -0.05) is 18.2 Å². The quantitative estimate of drug-likeness (QED) is 0.612. The van der Waals surface area contributed by atoms with Gasteiger partial charge in [-0.15, -0.1) is 0 Å².